The minimum Gasteiger partial charge on any atom is -0.508 e. The predicted molar refractivity (Wildman–Crippen MR) is 112 cm³/mol. The van der Waals surface area contributed by atoms with Crippen molar-refractivity contribution in [3.05, 3.63) is 59.9 Å². The van der Waals surface area contributed by atoms with Gasteiger partial charge in [-0.25, -0.2) is 0 Å². The van der Waals surface area contributed by atoms with Crippen LogP contribution in [0.3, 0.4) is 0 Å². The van der Waals surface area contributed by atoms with Gasteiger partial charge in [-0.2, -0.15) is 13.2 Å². The van der Waals surface area contributed by atoms with Gasteiger partial charge < -0.3 is 15.3 Å². The molecule has 0 radical (unpaired) electrons. The number of benzene rings is 1. The largest absolute Gasteiger partial charge is 0.508 e. The highest BCUT2D eigenvalue weighted by Crippen LogP contribution is 2.66. The fraction of sp³-hybridized carbons (Fsp3) is 0.478. The molecule has 1 heterocycles. The number of nitrogens with zero attached hydrogens (tertiary/aromatic N) is 2. The summed E-state index contributed by atoms with van der Waals surface area (Å²) in [6, 6.07) is 10.0. The van der Waals surface area contributed by atoms with E-state index in [0.29, 0.717) is 18.5 Å². The number of alkyl halides is 3. The zero-order chi connectivity index (χ0) is 22.6. The highest BCUT2D eigenvalue weighted by atomic mass is 19.4. The molecular weight excluding hydrogens is 407 g/mol. The molecule has 3 rings (SSSR count). The van der Waals surface area contributed by atoms with E-state index in [9.17, 15) is 23.1 Å². The number of aromatic hydroxyl groups is 1. The van der Waals surface area contributed by atoms with Gasteiger partial charge in [-0.3, -0.25) is 9.78 Å². The van der Waals surface area contributed by atoms with Crippen LogP contribution in [0.15, 0.2) is 48.8 Å². The minimum absolute atomic E-state index is 0.0323. The number of aromatic nitrogens is 1. The topological polar surface area (TPSA) is 65.5 Å². The van der Waals surface area contributed by atoms with Gasteiger partial charge in [-0.15, -0.1) is 0 Å². The lowest BCUT2D eigenvalue weighted by Crippen LogP contribution is -2.42. The average Bonchev–Trinajstić information content (AvgIpc) is 3.53. The Hall–Kier alpha value is -2.61. The fourth-order valence-corrected chi connectivity index (χ4v) is 4.01. The number of amides is 1. The van der Waals surface area contributed by atoms with Crippen LogP contribution in [-0.2, 0) is 11.2 Å². The molecular formula is C23H28F3N3O2. The number of likely N-dealkylation sites (N-methyl/N-ethyl adjacent to an activating group) is 1. The molecule has 1 fully saturated rings. The molecule has 0 saturated heterocycles. The number of rotatable bonds is 9. The summed E-state index contributed by atoms with van der Waals surface area (Å²) in [6.07, 6.45) is -0.958. The summed E-state index contributed by atoms with van der Waals surface area (Å²) in [7, 11) is 3.77. The summed E-state index contributed by atoms with van der Waals surface area (Å²) in [5.74, 6) is -1.17. The van der Waals surface area contributed by atoms with Crippen molar-refractivity contribution >= 4 is 5.91 Å². The first-order valence-corrected chi connectivity index (χ1v) is 10.3. The van der Waals surface area contributed by atoms with Crippen LogP contribution in [0.4, 0.5) is 13.2 Å². The minimum atomic E-state index is -4.36. The van der Waals surface area contributed by atoms with Crippen LogP contribution < -0.4 is 5.32 Å². The molecule has 0 aliphatic heterocycles. The van der Waals surface area contributed by atoms with Crippen molar-refractivity contribution in [2.45, 2.75) is 43.8 Å². The molecule has 2 N–H and O–H groups in total. The van der Waals surface area contributed by atoms with E-state index < -0.39 is 23.4 Å². The lowest BCUT2D eigenvalue weighted by Gasteiger charge is -2.30. The van der Waals surface area contributed by atoms with Crippen LogP contribution in [0.25, 0.3) is 0 Å². The molecule has 1 saturated carbocycles. The summed E-state index contributed by atoms with van der Waals surface area (Å²) in [6.45, 7) is 0.311. The number of phenols is 1. The van der Waals surface area contributed by atoms with Crippen molar-refractivity contribution in [1.29, 1.82) is 0 Å². The van der Waals surface area contributed by atoms with Gasteiger partial charge in [0.25, 0.3) is 0 Å². The molecule has 2 aromatic rings. The highest BCUT2D eigenvalue weighted by molar-refractivity contribution is 5.77. The van der Waals surface area contributed by atoms with E-state index >= 15 is 0 Å². The third-order valence-corrected chi connectivity index (χ3v) is 6.17. The Balaban J connectivity index is 1.67. The summed E-state index contributed by atoms with van der Waals surface area (Å²) >= 11 is 0. The fourth-order valence-electron chi connectivity index (χ4n) is 4.01. The number of carbonyl (C=O) groups excluding carboxylic acids is 1. The molecule has 1 amide bonds. The third-order valence-electron chi connectivity index (χ3n) is 6.17. The Morgan fingerprint density at radius 3 is 2.42 bits per heavy atom. The van der Waals surface area contributed by atoms with Crippen molar-refractivity contribution < 1.29 is 23.1 Å². The predicted octanol–water partition coefficient (Wildman–Crippen LogP) is 3.89. The first kappa shape index (κ1) is 23.1. The Morgan fingerprint density at radius 1 is 1.23 bits per heavy atom. The van der Waals surface area contributed by atoms with Crippen LogP contribution in [0.5, 0.6) is 5.75 Å². The van der Waals surface area contributed by atoms with Gasteiger partial charge in [0.2, 0.25) is 5.91 Å². The maximum atomic E-state index is 13.8. The monoisotopic (exact) mass is 435 g/mol. The van der Waals surface area contributed by atoms with E-state index in [2.05, 4.69) is 10.3 Å². The summed E-state index contributed by atoms with van der Waals surface area (Å²) in [5.41, 5.74) is -0.408. The van der Waals surface area contributed by atoms with Crippen molar-refractivity contribution in [2.75, 3.05) is 20.6 Å². The molecule has 0 bridgehead atoms. The van der Waals surface area contributed by atoms with Gasteiger partial charge in [0, 0.05) is 37.3 Å². The first-order valence-electron chi connectivity index (χ1n) is 10.3. The first-order chi connectivity index (χ1) is 14.6. The van der Waals surface area contributed by atoms with E-state index in [1.807, 2.05) is 31.1 Å². The van der Waals surface area contributed by atoms with Gasteiger partial charge in [0.1, 0.15) is 5.75 Å². The Morgan fingerprint density at radius 2 is 1.90 bits per heavy atom. The highest BCUT2D eigenvalue weighted by Gasteiger charge is 2.67. The molecule has 168 valence electrons. The molecule has 1 aromatic heterocycles. The van der Waals surface area contributed by atoms with E-state index in [1.165, 1.54) is 12.4 Å². The van der Waals surface area contributed by atoms with Crippen molar-refractivity contribution in [2.24, 2.45) is 5.41 Å². The van der Waals surface area contributed by atoms with Gasteiger partial charge in [-0.05, 0) is 62.7 Å². The van der Waals surface area contributed by atoms with Crippen LogP contribution in [-0.4, -0.2) is 53.8 Å². The van der Waals surface area contributed by atoms with Crippen LogP contribution in [0.1, 0.15) is 36.3 Å². The smallest absolute Gasteiger partial charge is 0.395 e. The Bertz CT molecular complexity index is 866. The van der Waals surface area contributed by atoms with Crippen LogP contribution in [0.2, 0.25) is 0 Å². The van der Waals surface area contributed by atoms with E-state index in [4.69, 9.17) is 0 Å². The zero-order valence-corrected chi connectivity index (χ0v) is 17.7. The van der Waals surface area contributed by atoms with E-state index in [-0.39, 0.29) is 31.1 Å². The maximum absolute atomic E-state index is 13.8. The van der Waals surface area contributed by atoms with Gasteiger partial charge >= 0.3 is 6.18 Å². The van der Waals surface area contributed by atoms with Gasteiger partial charge in [0.05, 0.1) is 5.41 Å². The zero-order valence-electron chi connectivity index (χ0n) is 17.7. The molecule has 8 heteroatoms. The lowest BCUT2D eigenvalue weighted by atomic mass is 9.80. The van der Waals surface area contributed by atoms with Crippen LogP contribution in [0, 0.1) is 5.41 Å². The SMILES string of the molecule is CN(C)[C@H](CNC(=O)C[C@H](c1cccnc1)C1(C(F)(F)F)CC1)Cc1ccc(O)cc1. The van der Waals surface area contributed by atoms with Crippen molar-refractivity contribution in [3.63, 3.8) is 0 Å². The number of hydrogen-bond donors (Lipinski definition) is 2. The molecule has 1 aliphatic carbocycles. The summed E-state index contributed by atoms with van der Waals surface area (Å²) < 4.78 is 41.4. The maximum Gasteiger partial charge on any atom is 0.395 e. The molecule has 0 spiro atoms. The standard InChI is InChI=1S/C23H28F3N3O2/c1-29(2)18(12-16-5-7-19(30)8-6-16)15-28-21(31)13-20(17-4-3-11-27-14-17)22(9-10-22)23(24,25)26/h3-8,11,14,18,20,30H,9-10,12-13,15H2,1-2H3,(H,28,31)/t18-,20+/m0/s1. The second kappa shape index (κ2) is 9.26. The molecule has 2 atom stereocenters. The molecule has 1 aromatic carbocycles. The number of nitrogens with one attached hydrogen (secondary N) is 1. The number of carbonyl (C=O) groups is 1. The van der Waals surface area contributed by atoms with Crippen molar-refractivity contribution in [3.8, 4) is 5.75 Å². The average molecular weight is 435 g/mol. The van der Waals surface area contributed by atoms with Crippen molar-refractivity contribution in [1.82, 2.24) is 15.2 Å². The second-order valence-corrected chi connectivity index (χ2v) is 8.49. The summed E-state index contributed by atoms with van der Waals surface area (Å²) in [5, 5.41) is 12.3. The van der Waals surface area contributed by atoms with Crippen LogP contribution >= 0.6 is 0 Å². The molecule has 31 heavy (non-hydrogen) atoms. The van der Waals surface area contributed by atoms with Gasteiger partial charge in [0.15, 0.2) is 0 Å². The normalized spacial score (nSPS) is 17.2. The summed E-state index contributed by atoms with van der Waals surface area (Å²) in [4.78, 5) is 18.6. The number of pyridine rings is 1. The van der Waals surface area contributed by atoms with E-state index in [1.54, 1.807) is 24.3 Å². The number of phenolic OH excluding ortho intramolecular Hbond substituents is 1. The number of hydrogen-bond acceptors (Lipinski definition) is 4. The third kappa shape index (κ3) is 5.55. The Labute approximate surface area is 180 Å². The second-order valence-electron chi connectivity index (χ2n) is 8.49. The van der Waals surface area contributed by atoms with Gasteiger partial charge in [-0.1, -0.05) is 18.2 Å². The lowest BCUT2D eigenvalue weighted by molar-refractivity contribution is -0.194. The van der Waals surface area contributed by atoms with E-state index in [0.717, 1.165) is 5.56 Å². The Kier molecular flexibility index (Phi) is 6.89. The molecule has 0 unspecified atom stereocenters. The number of halogens is 3. The molecule has 5 nitrogen and oxygen atoms in total. The molecule has 1 aliphatic rings. The quantitative estimate of drug-likeness (QED) is 0.627.